The Bertz CT molecular complexity index is 495. The van der Waals surface area contributed by atoms with Gasteiger partial charge in [-0.25, -0.2) is 4.79 Å². The van der Waals surface area contributed by atoms with Crippen LogP contribution in [0.4, 0.5) is 4.79 Å². The molecule has 108 valence electrons. The lowest BCUT2D eigenvalue weighted by Gasteiger charge is -2.16. The van der Waals surface area contributed by atoms with E-state index in [1.165, 1.54) is 0 Å². The van der Waals surface area contributed by atoms with Gasteiger partial charge in [0.05, 0.1) is 18.2 Å². The number of urea groups is 1. The lowest BCUT2D eigenvalue weighted by molar-refractivity contribution is -0.140. The number of rotatable bonds is 5. The number of aliphatic carboxylic acids is 1. The van der Waals surface area contributed by atoms with Crippen LogP contribution in [0.5, 0.6) is 0 Å². The van der Waals surface area contributed by atoms with Crippen LogP contribution in [-0.2, 0) is 11.2 Å². The molecule has 0 aromatic carbocycles. The number of hydrogen-bond acceptors (Lipinski definition) is 3. The Balaban J connectivity index is 1.73. The van der Waals surface area contributed by atoms with Crippen molar-refractivity contribution < 1.29 is 19.1 Å². The van der Waals surface area contributed by atoms with Crippen molar-refractivity contribution in [2.24, 2.45) is 5.92 Å². The Hall–Kier alpha value is -2.24. The van der Waals surface area contributed by atoms with Gasteiger partial charge < -0.3 is 20.2 Å². The first-order valence-corrected chi connectivity index (χ1v) is 6.55. The van der Waals surface area contributed by atoms with Crippen LogP contribution in [0.1, 0.15) is 19.1 Å². The molecule has 0 radical (unpaired) electrons. The molecule has 20 heavy (non-hydrogen) atoms. The van der Waals surface area contributed by atoms with Crippen molar-refractivity contribution in [2.75, 3.05) is 0 Å². The number of hydrogen-bond donors (Lipinski definition) is 3. The second kappa shape index (κ2) is 6.27. The average Bonchev–Trinajstić information content (AvgIpc) is 2.99. The first kappa shape index (κ1) is 14.2. The Kier molecular flexibility index (Phi) is 4.45. The van der Waals surface area contributed by atoms with Gasteiger partial charge in [0.15, 0.2) is 0 Å². The molecule has 1 aliphatic carbocycles. The molecular formula is C14H18N2O4. The van der Waals surface area contributed by atoms with E-state index in [9.17, 15) is 9.59 Å². The second-order valence-electron chi connectivity index (χ2n) is 4.97. The molecular weight excluding hydrogens is 260 g/mol. The second-order valence-corrected chi connectivity index (χ2v) is 4.97. The summed E-state index contributed by atoms with van der Waals surface area (Å²) < 4.78 is 5.21. The van der Waals surface area contributed by atoms with Crippen LogP contribution in [0, 0.1) is 5.92 Å². The number of amides is 2. The maximum Gasteiger partial charge on any atom is 0.315 e. The minimum absolute atomic E-state index is 0.0678. The van der Waals surface area contributed by atoms with E-state index in [4.69, 9.17) is 9.52 Å². The highest BCUT2D eigenvalue weighted by Gasteiger charge is 2.25. The summed E-state index contributed by atoms with van der Waals surface area (Å²) in [6.45, 7) is 1.88. The molecule has 1 aromatic rings. The molecule has 1 aromatic heterocycles. The van der Waals surface area contributed by atoms with Crippen LogP contribution in [0.25, 0.3) is 0 Å². The number of furan rings is 1. The van der Waals surface area contributed by atoms with Gasteiger partial charge in [0.25, 0.3) is 0 Å². The molecule has 6 nitrogen and oxygen atoms in total. The molecule has 6 heteroatoms. The van der Waals surface area contributed by atoms with E-state index in [1.807, 2.05) is 13.0 Å². The monoisotopic (exact) mass is 278 g/mol. The van der Waals surface area contributed by atoms with Gasteiger partial charge in [0.2, 0.25) is 0 Å². The largest absolute Gasteiger partial charge is 0.481 e. The number of carboxylic acid groups (broad SMARTS) is 1. The van der Waals surface area contributed by atoms with E-state index >= 15 is 0 Å². The predicted octanol–water partition coefficient (Wildman–Crippen LogP) is 1.54. The lowest BCUT2D eigenvalue weighted by atomic mass is 10.1. The zero-order valence-corrected chi connectivity index (χ0v) is 11.2. The molecule has 0 spiro atoms. The normalized spacial score (nSPS) is 22.4. The van der Waals surface area contributed by atoms with Crippen molar-refractivity contribution in [3.8, 4) is 0 Å². The minimum Gasteiger partial charge on any atom is -0.481 e. The highest BCUT2D eigenvalue weighted by molar-refractivity contribution is 5.76. The predicted molar refractivity (Wildman–Crippen MR) is 72.2 cm³/mol. The highest BCUT2D eigenvalue weighted by atomic mass is 16.4. The first-order chi connectivity index (χ1) is 9.54. The van der Waals surface area contributed by atoms with Gasteiger partial charge in [0, 0.05) is 12.5 Å². The topological polar surface area (TPSA) is 91.6 Å². The maximum atomic E-state index is 11.8. The van der Waals surface area contributed by atoms with Gasteiger partial charge in [-0.05, 0) is 25.5 Å². The van der Waals surface area contributed by atoms with Gasteiger partial charge in [-0.15, -0.1) is 0 Å². The SMILES string of the molecule is CC(Cc1ccco1)NC(=O)NC1C=CC(C(=O)O)C1. The van der Waals surface area contributed by atoms with Crippen molar-refractivity contribution >= 4 is 12.0 Å². The van der Waals surface area contributed by atoms with E-state index < -0.39 is 11.9 Å². The summed E-state index contributed by atoms with van der Waals surface area (Å²) in [4.78, 5) is 22.6. The van der Waals surface area contributed by atoms with Gasteiger partial charge in [-0.2, -0.15) is 0 Å². The fraction of sp³-hybridized carbons (Fsp3) is 0.429. The summed E-state index contributed by atoms with van der Waals surface area (Å²) in [5.74, 6) is -0.567. The molecule has 1 aliphatic rings. The average molecular weight is 278 g/mol. The van der Waals surface area contributed by atoms with Crippen molar-refractivity contribution in [2.45, 2.75) is 31.8 Å². The first-order valence-electron chi connectivity index (χ1n) is 6.55. The number of carboxylic acids is 1. The van der Waals surface area contributed by atoms with Gasteiger partial charge in [-0.3, -0.25) is 4.79 Å². The van der Waals surface area contributed by atoms with Gasteiger partial charge in [0.1, 0.15) is 5.76 Å². The van der Waals surface area contributed by atoms with E-state index in [0.717, 1.165) is 5.76 Å². The van der Waals surface area contributed by atoms with Crippen LogP contribution in [-0.4, -0.2) is 29.2 Å². The third-order valence-electron chi connectivity index (χ3n) is 3.18. The molecule has 3 atom stereocenters. The zero-order chi connectivity index (χ0) is 14.5. The molecule has 3 unspecified atom stereocenters. The molecule has 0 aliphatic heterocycles. The van der Waals surface area contributed by atoms with Crippen molar-refractivity contribution in [3.05, 3.63) is 36.3 Å². The third kappa shape index (κ3) is 3.88. The Morgan fingerprint density at radius 3 is 2.90 bits per heavy atom. The molecule has 2 rings (SSSR count). The fourth-order valence-corrected chi connectivity index (χ4v) is 2.20. The van der Waals surface area contributed by atoms with Crippen molar-refractivity contribution in [1.82, 2.24) is 10.6 Å². The smallest absolute Gasteiger partial charge is 0.315 e. The molecule has 3 N–H and O–H groups in total. The maximum absolute atomic E-state index is 11.8. The summed E-state index contributed by atoms with van der Waals surface area (Å²) in [7, 11) is 0. The summed E-state index contributed by atoms with van der Waals surface area (Å²) in [5.41, 5.74) is 0. The van der Waals surface area contributed by atoms with Gasteiger partial charge >= 0.3 is 12.0 Å². The van der Waals surface area contributed by atoms with Crippen LogP contribution >= 0.6 is 0 Å². The summed E-state index contributed by atoms with van der Waals surface area (Å²) >= 11 is 0. The Morgan fingerprint density at radius 1 is 1.50 bits per heavy atom. The Morgan fingerprint density at radius 2 is 2.30 bits per heavy atom. The quantitative estimate of drug-likeness (QED) is 0.712. The fourth-order valence-electron chi connectivity index (χ4n) is 2.20. The zero-order valence-electron chi connectivity index (χ0n) is 11.2. The van der Waals surface area contributed by atoms with E-state index in [0.29, 0.717) is 12.8 Å². The van der Waals surface area contributed by atoms with Crippen molar-refractivity contribution in [3.63, 3.8) is 0 Å². The highest BCUT2D eigenvalue weighted by Crippen LogP contribution is 2.17. The molecule has 0 saturated heterocycles. The van der Waals surface area contributed by atoms with Crippen LogP contribution < -0.4 is 10.6 Å². The molecule has 1 heterocycles. The van der Waals surface area contributed by atoms with Gasteiger partial charge in [-0.1, -0.05) is 12.2 Å². The number of nitrogens with one attached hydrogen (secondary N) is 2. The van der Waals surface area contributed by atoms with E-state index in [2.05, 4.69) is 10.6 Å². The molecule has 0 bridgehead atoms. The molecule has 2 amide bonds. The Labute approximate surface area is 116 Å². The summed E-state index contributed by atoms with van der Waals surface area (Å²) in [6.07, 6.45) is 5.93. The lowest BCUT2D eigenvalue weighted by Crippen LogP contribution is -2.45. The number of carbonyl (C=O) groups is 2. The third-order valence-corrected chi connectivity index (χ3v) is 3.18. The van der Waals surface area contributed by atoms with E-state index in [1.54, 1.807) is 24.5 Å². The summed E-state index contributed by atoms with van der Waals surface area (Å²) in [5, 5.41) is 14.4. The van der Waals surface area contributed by atoms with Crippen LogP contribution in [0.3, 0.4) is 0 Å². The standard InChI is InChI=1S/C14H18N2O4/c1-9(7-12-3-2-6-20-12)15-14(19)16-11-5-4-10(8-11)13(17)18/h2-6,9-11H,7-8H2,1H3,(H,17,18)(H2,15,16,19). The minimum atomic E-state index is -0.864. The van der Waals surface area contributed by atoms with Crippen LogP contribution in [0.2, 0.25) is 0 Å². The number of carbonyl (C=O) groups excluding carboxylic acids is 1. The van der Waals surface area contributed by atoms with Crippen molar-refractivity contribution in [1.29, 1.82) is 0 Å². The van der Waals surface area contributed by atoms with E-state index in [-0.39, 0.29) is 18.1 Å². The summed E-state index contributed by atoms with van der Waals surface area (Å²) in [6, 6.07) is 3.06. The molecule has 0 fully saturated rings. The molecule has 0 saturated carbocycles. The van der Waals surface area contributed by atoms with Crippen LogP contribution in [0.15, 0.2) is 35.0 Å².